The number of rotatable bonds is 2. The summed E-state index contributed by atoms with van der Waals surface area (Å²) in [5.74, 6) is 1.04. The van der Waals surface area contributed by atoms with E-state index >= 15 is 0 Å². The highest BCUT2D eigenvalue weighted by Gasteiger charge is 2.17. The van der Waals surface area contributed by atoms with Crippen LogP contribution in [0.2, 0.25) is 0 Å². The summed E-state index contributed by atoms with van der Waals surface area (Å²) in [4.78, 5) is 21.3. The van der Waals surface area contributed by atoms with E-state index in [1.54, 1.807) is 42.9 Å². The van der Waals surface area contributed by atoms with E-state index in [0.29, 0.717) is 28.2 Å². The molecule has 0 atom stereocenters. The van der Waals surface area contributed by atoms with Gasteiger partial charge in [-0.2, -0.15) is 0 Å². The van der Waals surface area contributed by atoms with E-state index in [4.69, 9.17) is 5.73 Å². The highest BCUT2D eigenvalue weighted by molar-refractivity contribution is 5.81. The summed E-state index contributed by atoms with van der Waals surface area (Å²) in [6.07, 6.45) is 5.01. The predicted molar refractivity (Wildman–Crippen MR) is 88.1 cm³/mol. The Bertz CT molecular complexity index is 1040. The Kier molecular flexibility index (Phi) is 3.09. The summed E-state index contributed by atoms with van der Waals surface area (Å²) in [6, 6.07) is 6.98. The third-order valence-corrected chi connectivity index (χ3v) is 3.57. The number of aromatic nitrogens is 6. The van der Waals surface area contributed by atoms with Crippen molar-refractivity contribution in [1.82, 2.24) is 29.7 Å². The van der Waals surface area contributed by atoms with Crippen molar-refractivity contribution in [1.29, 1.82) is 0 Å². The molecule has 8 heteroatoms. The van der Waals surface area contributed by atoms with E-state index in [1.165, 1.54) is 0 Å². The van der Waals surface area contributed by atoms with E-state index in [2.05, 4.69) is 24.9 Å². The summed E-state index contributed by atoms with van der Waals surface area (Å²) < 4.78 is 0.903. The van der Waals surface area contributed by atoms with Gasteiger partial charge >= 0.3 is 0 Å². The summed E-state index contributed by atoms with van der Waals surface area (Å²) >= 11 is 0. The fraction of sp³-hybridized carbons (Fsp3) is 0.0625. The minimum Gasteiger partial charge on any atom is -0.425 e. The number of hydrogen-bond donors (Lipinski definition) is 2. The predicted octanol–water partition coefficient (Wildman–Crippen LogP) is 2.08. The first-order valence-electron chi connectivity index (χ1n) is 7.22. The van der Waals surface area contributed by atoms with Crippen molar-refractivity contribution < 1.29 is 5.21 Å². The normalized spacial score (nSPS) is 11.0. The van der Waals surface area contributed by atoms with Crippen molar-refractivity contribution in [3.8, 4) is 22.9 Å². The van der Waals surface area contributed by atoms with Crippen LogP contribution >= 0.6 is 0 Å². The van der Waals surface area contributed by atoms with Gasteiger partial charge in [-0.25, -0.2) is 24.9 Å². The Labute approximate surface area is 136 Å². The second kappa shape index (κ2) is 5.27. The molecule has 0 spiro atoms. The zero-order valence-corrected chi connectivity index (χ0v) is 12.7. The van der Waals surface area contributed by atoms with E-state index in [0.717, 1.165) is 10.3 Å². The Morgan fingerprint density at radius 3 is 2.58 bits per heavy atom. The van der Waals surface area contributed by atoms with Gasteiger partial charge in [0.1, 0.15) is 17.0 Å². The zero-order chi connectivity index (χ0) is 16.7. The van der Waals surface area contributed by atoms with E-state index in [1.807, 2.05) is 6.92 Å². The smallest absolute Gasteiger partial charge is 0.197 e. The first kappa shape index (κ1) is 14.1. The Balaban J connectivity index is 1.88. The number of fused-ring (bicyclic) bond motifs is 1. The fourth-order valence-corrected chi connectivity index (χ4v) is 2.38. The molecule has 0 saturated heterocycles. The highest BCUT2D eigenvalue weighted by atomic mass is 16.5. The molecule has 4 heterocycles. The first-order chi connectivity index (χ1) is 11.6. The molecular formula is C16H13N7O. The van der Waals surface area contributed by atoms with Crippen LogP contribution in [0, 0.1) is 6.92 Å². The lowest BCUT2D eigenvalue weighted by atomic mass is 10.2. The fourth-order valence-electron chi connectivity index (χ4n) is 2.38. The molecule has 0 aliphatic heterocycles. The molecule has 0 bridgehead atoms. The van der Waals surface area contributed by atoms with Crippen LogP contribution in [-0.2, 0) is 0 Å². The van der Waals surface area contributed by atoms with Gasteiger partial charge in [0.25, 0.3) is 0 Å². The molecule has 4 rings (SSSR count). The average molecular weight is 319 g/mol. The molecule has 24 heavy (non-hydrogen) atoms. The monoisotopic (exact) mass is 319 g/mol. The molecule has 0 amide bonds. The topological polar surface area (TPSA) is 116 Å². The molecule has 4 aromatic heterocycles. The standard InChI is InChI=1S/C16H13N7O/c1-9-7-19-14(20-8-9)11-4-5-12-16(21-11)23(24)15(22-12)10-3-2-6-18-13(10)17/h2-8,24H,1H3,(H2,17,18). The minimum absolute atomic E-state index is 0.282. The maximum absolute atomic E-state index is 10.5. The Morgan fingerprint density at radius 2 is 1.83 bits per heavy atom. The molecule has 4 aromatic rings. The summed E-state index contributed by atoms with van der Waals surface area (Å²) in [7, 11) is 0. The van der Waals surface area contributed by atoms with Crippen LogP contribution in [0.1, 0.15) is 5.56 Å². The lowest BCUT2D eigenvalue weighted by Gasteiger charge is -2.03. The molecule has 3 N–H and O–H groups in total. The largest absolute Gasteiger partial charge is 0.425 e. The maximum Gasteiger partial charge on any atom is 0.197 e. The van der Waals surface area contributed by atoms with Crippen molar-refractivity contribution in [2.45, 2.75) is 6.92 Å². The van der Waals surface area contributed by atoms with Crippen LogP contribution in [0.3, 0.4) is 0 Å². The number of imidazole rings is 1. The lowest BCUT2D eigenvalue weighted by Crippen LogP contribution is -2.00. The Morgan fingerprint density at radius 1 is 1.04 bits per heavy atom. The van der Waals surface area contributed by atoms with Crippen molar-refractivity contribution >= 4 is 17.0 Å². The van der Waals surface area contributed by atoms with Crippen molar-refractivity contribution in [2.75, 3.05) is 5.73 Å². The van der Waals surface area contributed by atoms with Crippen molar-refractivity contribution in [2.24, 2.45) is 0 Å². The number of pyridine rings is 2. The number of anilines is 1. The van der Waals surface area contributed by atoms with Gasteiger partial charge in [-0.15, -0.1) is 4.73 Å². The average Bonchev–Trinajstić information content (AvgIpc) is 2.92. The first-order valence-corrected chi connectivity index (χ1v) is 7.22. The molecule has 0 aliphatic rings. The number of nitrogens with zero attached hydrogens (tertiary/aromatic N) is 6. The van der Waals surface area contributed by atoms with Gasteiger partial charge < -0.3 is 10.9 Å². The maximum atomic E-state index is 10.5. The second-order valence-corrected chi connectivity index (χ2v) is 5.31. The Hall–Kier alpha value is -3.55. The summed E-state index contributed by atoms with van der Waals surface area (Å²) in [5, 5.41) is 10.5. The van der Waals surface area contributed by atoms with Crippen LogP contribution in [0.15, 0.2) is 42.9 Å². The van der Waals surface area contributed by atoms with E-state index in [-0.39, 0.29) is 11.6 Å². The van der Waals surface area contributed by atoms with Crippen LogP contribution in [0.25, 0.3) is 34.1 Å². The summed E-state index contributed by atoms with van der Waals surface area (Å²) in [6.45, 7) is 1.91. The van der Waals surface area contributed by atoms with Crippen molar-refractivity contribution in [3.05, 3.63) is 48.4 Å². The van der Waals surface area contributed by atoms with Gasteiger partial charge in [0.2, 0.25) is 0 Å². The zero-order valence-electron chi connectivity index (χ0n) is 12.7. The van der Waals surface area contributed by atoms with E-state index < -0.39 is 0 Å². The molecule has 0 fully saturated rings. The van der Waals surface area contributed by atoms with Gasteiger partial charge in [0.05, 0.1) is 5.56 Å². The highest BCUT2D eigenvalue weighted by Crippen LogP contribution is 2.26. The van der Waals surface area contributed by atoms with Crippen LogP contribution in [0.4, 0.5) is 5.82 Å². The van der Waals surface area contributed by atoms with Gasteiger partial charge in [0.15, 0.2) is 17.3 Å². The van der Waals surface area contributed by atoms with Gasteiger partial charge in [0, 0.05) is 18.6 Å². The lowest BCUT2D eigenvalue weighted by molar-refractivity contribution is 0.201. The third kappa shape index (κ3) is 2.21. The van der Waals surface area contributed by atoms with Gasteiger partial charge in [-0.3, -0.25) is 0 Å². The van der Waals surface area contributed by atoms with Crippen molar-refractivity contribution in [3.63, 3.8) is 0 Å². The SMILES string of the molecule is Cc1cnc(-c2ccc3nc(-c4cccnc4N)n(O)c3n2)nc1. The second-order valence-electron chi connectivity index (χ2n) is 5.31. The summed E-state index contributed by atoms with van der Waals surface area (Å²) in [5.41, 5.74) is 8.74. The van der Waals surface area contributed by atoms with Gasteiger partial charge in [-0.1, -0.05) is 0 Å². The number of hydrogen-bond acceptors (Lipinski definition) is 7. The molecular weight excluding hydrogens is 306 g/mol. The number of nitrogens with two attached hydrogens (primary N) is 1. The molecule has 0 saturated carbocycles. The molecule has 118 valence electrons. The number of nitrogen functional groups attached to an aromatic ring is 1. The molecule has 0 unspecified atom stereocenters. The van der Waals surface area contributed by atoms with Crippen LogP contribution < -0.4 is 5.73 Å². The van der Waals surface area contributed by atoms with Crippen LogP contribution in [-0.4, -0.2) is 34.9 Å². The van der Waals surface area contributed by atoms with Crippen LogP contribution in [0.5, 0.6) is 0 Å². The minimum atomic E-state index is 0.282. The van der Waals surface area contributed by atoms with Gasteiger partial charge in [-0.05, 0) is 36.8 Å². The number of aryl methyl sites for hydroxylation is 1. The molecule has 0 aromatic carbocycles. The quantitative estimate of drug-likeness (QED) is 0.543. The molecule has 0 radical (unpaired) electrons. The molecule has 8 nitrogen and oxygen atoms in total. The van der Waals surface area contributed by atoms with E-state index in [9.17, 15) is 5.21 Å². The molecule has 0 aliphatic carbocycles. The third-order valence-electron chi connectivity index (χ3n) is 3.57.